The number of hydrogen-bond donors (Lipinski definition) is 1. The van der Waals surface area contributed by atoms with E-state index >= 15 is 0 Å². The van der Waals surface area contributed by atoms with Crippen LogP contribution in [-0.4, -0.2) is 27.2 Å². The van der Waals surface area contributed by atoms with Gasteiger partial charge in [-0.2, -0.15) is 0 Å². The molecular formula is C16H16N4O2. The van der Waals surface area contributed by atoms with Gasteiger partial charge < -0.3 is 9.30 Å². The summed E-state index contributed by atoms with van der Waals surface area (Å²) in [5.41, 5.74) is 2.13. The van der Waals surface area contributed by atoms with E-state index in [1.54, 1.807) is 13.1 Å². The second kappa shape index (κ2) is 5.85. The molecule has 0 fully saturated rings. The quantitative estimate of drug-likeness (QED) is 0.805. The first-order valence-corrected chi connectivity index (χ1v) is 7.00. The molecule has 2 aromatic heterocycles. The van der Waals surface area contributed by atoms with Gasteiger partial charge in [-0.15, -0.1) is 0 Å². The van der Waals surface area contributed by atoms with E-state index in [1.165, 1.54) is 0 Å². The second-order valence-corrected chi connectivity index (χ2v) is 4.78. The number of carbonyl (C=O) groups excluding carboxylic acids is 1. The predicted octanol–water partition coefficient (Wildman–Crippen LogP) is 3.20. The smallest absolute Gasteiger partial charge is 0.411 e. The van der Waals surface area contributed by atoms with Crippen molar-refractivity contribution in [3.8, 4) is 11.5 Å². The second-order valence-electron chi connectivity index (χ2n) is 4.78. The van der Waals surface area contributed by atoms with Crippen LogP contribution < -0.4 is 5.32 Å². The van der Waals surface area contributed by atoms with Gasteiger partial charge >= 0.3 is 6.09 Å². The zero-order valence-electron chi connectivity index (χ0n) is 12.4. The molecule has 3 rings (SSSR count). The molecule has 1 N–H and O–H groups in total. The lowest BCUT2D eigenvalue weighted by atomic mass is 10.1. The van der Waals surface area contributed by atoms with E-state index < -0.39 is 6.09 Å². The third-order valence-corrected chi connectivity index (χ3v) is 3.28. The number of imidazole rings is 1. The molecule has 1 amide bonds. The normalized spacial score (nSPS) is 10.6. The van der Waals surface area contributed by atoms with Crippen LogP contribution in [0, 0.1) is 0 Å². The Bertz CT molecular complexity index is 826. The molecule has 6 nitrogen and oxygen atoms in total. The van der Waals surface area contributed by atoms with Crippen molar-refractivity contribution in [2.24, 2.45) is 7.05 Å². The molecule has 0 spiro atoms. The minimum Gasteiger partial charge on any atom is -0.450 e. The maximum atomic E-state index is 11.7. The van der Waals surface area contributed by atoms with Crippen LogP contribution in [0.4, 0.5) is 10.5 Å². The maximum absolute atomic E-state index is 11.7. The van der Waals surface area contributed by atoms with Crippen LogP contribution in [0.15, 0.2) is 42.7 Å². The van der Waals surface area contributed by atoms with Gasteiger partial charge in [0.05, 0.1) is 17.8 Å². The molecule has 0 aliphatic rings. The van der Waals surface area contributed by atoms with Crippen molar-refractivity contribution in [2.45, 2.75) is 6.92 Å². The number of fused-ring (bicyclic) bond motifs is 1. The molecule has 3 aromatic rings. The van der Waals surface area contributed by atoms with Gasteiger partial charge in [-0.1, -0.05) is 18.2 Å². The highest BCUT2D eigenvalue weighted by atomic mass is 16.5. The Hall–Kier alpha value is -2.89. The van der Waals surface area contributed by atoms with Crippen LogP contribution >= 0.6 is 0 Å². The molecule has 22 heavy (non-hydrogen) atoms. The Labute approximate surface area is 127 Å². The average Bonchev–Trinajstić information content (AvgIpc) is 2.93. The van der Waals surface area contributed by atoms with Crippen molar-refractivity contribution in [3.05, 3.63) is 42.7 Å². The summed E-state index contributed by atoms with van der Waals surface area (Å²) < 4.78 is 6.84. The van der Waals surface area contributed by atoms with Crippen molar-refractivity contribution >= 4 is 22.7 Å². The number of ether oxygens (including phenoxy) is 1. The van der Waals surface area contributed by atoms with Gasteiger partial charge in [-0.05, 0) is 19.1 Å². The van der Waals surface area contributed by atoms with Crippen LogP contribution in [0.3, 0.4) is 0 Å². The van der Waals surface area contributed by atoms with E-state index in [1.807, 2.05) is 48.1 Å². The highest BCUT2D eigenvalue weighted by Gasteiger charge is 2.12. The van der Waals surface area contributed by atoms with Crippen molar-refractivity contribution in [2.75, 3.05) is 11.9 Å². The lowest BCUT2D eigenvalue weighted by Crippen LogP contribution is -2.14. The third kappa shape index (κ3) is 2.63. The maximum Gasteiger partial charge on any atom is 0.411 e. The number of anilines is 1. The monoisotopic (exact) mass is 296 g/mol. The number of rotatable bonds is 3. The Morgan fingerprint density at radius 3 is 2.91 bits per heavy atom. The van der Waals surface area contributed by atoms with E-state index in [4.69, 9.17) is 4.74 Å². The van der Waals surface area contributed by atoms with E-state index in [9.17, 15) is 4.79 Å². The fourth-order valence-electron chi connectivity index (χ4n) is 2.28. The zero-order valence-corrected chi connectivity index (χ0v) is 12.4. The van der Waals surface area contributed by atoms with Gasteiger partial charge in [0.15, 0.2) is 5.82 Å². The molecule has 0 unspecified atom stereocenters. The van der Waals surface area contributed by atoms with Gasteiger partial charge in [-0.25, -0.2) is 14.8 Å². The summed E-state index contributed by atoms with van der Waals surface area (Å²) in [5, 5.41) is 3.62. The molecule has 2 heterocycles. The fourth-order valence-corrected chi connectivity index (χ4v) is 2.28. The third-order valence-electron chi connectivity index (χ3n) is 3.28. The molecule has 0 bridgehead atoms. The van der Waals surface area contributed by atoms with Crippen LogP contribution in [-0.2, 0) is 11.8 Å². The summed E-state index contributed by atoms with van der Waals surface area (Å²) in [5.74, 6) is 0.734. The van der Waals surface area contributed by atoms with E-state index in [0.717, 1.165) is 16.7 Å². The number of benzene rings is 1. The molecule has 0 saturated carbocycles. The summed E-state index contributed by atoms with van der Waals surface area (Å²) in [6, 6.07) is 9.43. The minimum absolute atomic E-state index is 0.321. The summed E-state index contributed by atoms with van der Waals surface area (Å²) in [6.07, 6.45) is 3.08. The van der Waals surface area contributed by atoms with Crippen molar-refractivity contribution in [1.29, 1.82) is 0 Å². The summed E-state index contributed by atoms with van der Waals surface area (Å²) >= 11 is 0. The highest BCUT2D eigenvalue weighted by Crippen LogP contribution is 2.27. The molecule has 1 aromatic carbocycles. The van der Waals surface area contributed by atoms with Crippen LogP contribution in [0.5, 0.6) is 0 Å². The SMILES string of the molecule is CCOC(=O)Nc1cc(-c2nccn2C)nc2ccccc12. The number of pyridine rings is 1. The predicted molar refractivity (Wildman–Crippen MR) is 84.6 cm³/mol. The minimum atomic E-state index is -0.482. The molecule has 112 valence electrons. The van der Waals surface area contributed by atoms with Gasteiger partial charge in [0.2, 0.25) is 0 Å². The first-order chi connectivity index (χ1) is 10.7. The van der Waals surface area contributed by atoms with Crippen molar-refractivity contribution < 1.29 is 9.53 Å². The zero-order chi connectivity index (χ0) is 15.5. The molecule has 0 saturated heterocycles. The molecule has 0 aliphatic carbocycles. The molecular weight excluding hydrogens is 280 g/mol. The number of nitrogens with zero attached hydrogens (tertiary/aromatic N) is 3. The van der Waals surface area contributed by atoms with Crippen LogP contribution in [0.25, 0.3) is 22.4 Å². The standard InChI is InChI=1S/C16H16N4O2/c1-3-22-16(21)19-13-10-14(15-17-8-9-20(15)2)18-12-7-5-4-6-11(12)13/h4-10H,3H2,1-2H3,(H,18,19,21). The number of aromatic nitrogens is 3. The van der Waals surface area contributed by atoms with Gasteiger partial charge in [0.1, 0.15) is 5.69 Å². The molecule has 0 atom stereocenters. The van der Waals surface area contributed by atoms with Crippen molar-refractivity contribution in [3.63, 3.8) is 0 Å². The van der Waals surface area contributed by atoms with E-state index in [0.29, 0.717) is 18.0 Å². The highest BCUT2D eigenvalue weighted by molar-refractivity contribution is 5.99. The van der Waals surface area contributed by atoms with E-state index in [-0.39, 0.29) is 0 Å². The Kier molecular flexibility index (Phi) is 3.74. The molecule has 0 aliphatic heterocycles. The topological polar surface area (TPSA) is 69.0 Å². The Morgan fingerprint density at radius 2 is 2.18 bits per heavy atom. The van der Waals surface area contributed by atoms with Gasteiger partial charge in [0, 0.05) is 24.8 Å². The summed E-state index contributed by atoms with van der Waals surface area (Å²) in [4.78, 5) is 20.7. The number of amides is 1. The first kappa shape index (κ1) is 14.1. The molecule has 6 heteroatoms. The van der Waals surface area contributed by atoms with Gasteiger partial charge in [-0.3, -0.25) is 5.32 Å². The number of nitrogens with one attached hydrogen (secondary N) is 1. The average molecular weight is 296 g/mol. The lowest BCUT2D eigenvalue weighted by Gasteiger charge is -2.11. The summed E-state index contributed by atoms with van der Waals surface area (Å²) in [6.45, 7) is 2.09. The van der Waals surface area contributed by atoms with Crippen LogP contribution in [0.1, 0.15) is 6.92 Å². The number of para-hydroxylation sites is 1. The first-order valence-electron chi connectivity index (χ1n) is 7.00. The Morgan fingerprint density at radius 1 is 1.36 bits per heavy atom. The Balaban J connectivity index is 2.12. The lowest BCUT2D eigenvalue weighted by molar-refractivity contribution is 0.168. The number of hydrogen-bond acceptors (Lipinski definition) is 4. The van der Waals surface area contributed by atoms with E-state index in [2.05, 4.69) is 15.3 Å². The van der Waals surface area contributed by atoms with Gasteiger partial charge in [0.25, 0.3) is 0 Å². The molecule has 0 radical (unpaired) electrons. The number of carbonyl (C=O) groups is 1. The number of aryl methyl sites for hydroxylation is 1. The fraction of sp³-hybridized carbons (Fsp3) is 0.188. The van der Waals surface area contributed by atoms with Crippen LogP contribution in [0.2, 0.25) is 0 Å². The summed E-state index contributed by atoms with van der Waals surface area (Å²) in [7, 11) is 1.90. The van der Waals surface area contributed by atoms with Crippen molar-refractivity contribution in [1.82, 2.24) is 14.5 Å². The largest absolute Gasteiger partial charge is 0.450 e.